The summed E-state index contributed by atoms with van der Waals surface area (Å²) in [5.41, 5.74) is 1.90. The summed E-state index contributed by atoms with van der Waals surface area (Å²) in [5.74, 6) is -0.882. The van der Waals surface area contributed by atoms with Gasteiger partial charge in [0, 0.05) is 10.2 Å². The fourth-order valence-corrected chi connectivity index (χ4v) is 4.65. The van der Waals surface area contributed by atoms with E-state index in [2.05, 4.69) is 26.6 Å². The molecule has 0 bridgehead atoms. The highest BCUT2D eigenvalue weighted by atomic mass is 79.9. The molecule has 0 aromatic heterocycles. The highest BCUT2D eigenvalue weighted by Gasteiger charge is 2.49. The first-order chi connectivity index (χ1) is 14.7. The van der Waals surface area contributed by atoms with Crippen LogP contribution in [0.3, 0.4) is 0 Å². The van der Waals surface area contributed by atoms with E-state index in [1.54, 1.807) is 6.92 Å². The SMILES string of the molecule is Cc1cc(Br)cc(C)c1NC(=O)CN1C(=O)NC(C)(c2ccc3ccccc3c2)C1=O. The summed E-state index contributed by atoms with van der Waals surface area (Å²) in [6.45, 7) is 5.08. The molecular formula is C24H22BrN3O3. The van der Waals surface area contributed by atoms with Crippen LogP contribution in [0.1, 0.15) is 23.6 Å². The zero-order chi connectivity index (χ0) is 22.3. The molecule has 3 aromatic rings. The zero-order valence-electron chi connectivity index (χ0n) is 17.5. The summed E-state index contributed by atoms with van der Waals surface area (Å²) in [7, 11) is 0. The highest BCUT2D eigenvalue weighted by Crippen LogP contribution is 2.31. The van der Waals surface area contributed by atoms with Crippen molar-refractivity contribution in [2.75, 3.05) is 11.9 Å². The molecule has 1 fully saturated rings. The van der Waals surface area contributed by atoms with Gasteiger partial charge < -0.3 is 10.6 Å². The number of imide groups is 1. The molecule has 158 valence electrons. The van der Waals surface area contributed by atoms with Gasteiger partial charge in [0.2, 0.25) is 5.91 Å². The van der Waals surface area contributed by atoms with E-state index in [1.165, 1.54) is 0 Å². The Hall–Kier alpha value is -3.19. The first kappa shape index (κ1) is 21.1. The van der Waals surface area contributed by atoms with Gasteiger partial charge in [0.05, 0.1) is 0 Å². The lowest BCUT2D eigenvalue weighted by molar-refractivity contribution is -0.133. The summed E-state index contributed by atoms with van der Waals surface area (Å²) in [6.07, 6.45) is 0. The van der Waals surface area contributed by atoms with Gasteiger partial charge in [0.15, 0.2) is 0 Å². The second-order valence-electron chi connectivity index (χ2n) is 7.97. The molecule has 1 aliphatic heterocycles. The number of nitrogens with zero attached hydrogens (tertiary/aromatic N) is 1. The van der Waals surface area contributed by atoms with Crippen molar-refractivity contribution in [3.8, 4) is 0 Å². The molecule has 1 heterocycles. The minimum atomic E-state index is -1.23. The van der Waals surface area contributed by atoms with Crippen LogP contribution in [-0.2, 0) is 15.1 Å². The van der Waals surface area contributed by atoms with Gasteiger partial charge in [0.25, 0.3) is 5.91 Å². The molecule has 1 aliphatic rings. The molecule has 6 nitrogen and oxygen atoms in total. The van der Waals surface area contributed by atoms with Gasteiger partial charge in [-0.3, -0.25) is 14.5 Å². The third-order valence-corrected chi connectivity index (χ3v) is 6.12. The minimum Gasteiger partial charge on any atom is -0.324 e. The molecule has 1 unspecified atom stereocenters. The molecule has 1 atom stereocenters. The number of hydrogen-bond donors (Lipinski definition) is 2. The molecule has 4 rings (SSSR count). The average molecular weight is 480 g/mol. The highest BCUT2D eigenvalue weighted by molar-refractivity contribution is 9.10. The fourth-order valence-electron chi connectivity index (χ4n) is 3.97. The number of benzene rings is 3. The van der Waals surface area contributed by atoms with Crippen LogP contribution in [0.2, 0.25) is 0 Å². The molecular weight excluding hydrogens is 458 g/mol. The van der Waals surface area contributed by atoms with Crippen LogP contribution < -0.4 is 10.6 Å². The average Bonchev–Trinajstić information content (AvgIpc) is 2.94. The lowest BCUT2D eigenvalue weighted by Gasteiger charge is -2.22. The Morgan fingerprint density at radius 2 is 1.68 bits per heavy atom. The van der Waals surface area contributed by atoms with Crippen molar-refractivity contribution >= 4 is 50.2 Å². The molecule has 1 saturated heterocycles. The quantitative estimate of drug-likeness (QED) is 0.535. The van der Waals surface area contributed by atoms with Gasteiger partial charge in [0.1, 0.15) is 12.1 Å². The number of carbonyl (C=O) groups is 3. The van der Waals surface area contributed by atoms with E-state index in [-0.39, 0.29) is 6.54 Å². The van der Waals surface area contributed by atoms with Crippen molar-refractivity contribution in [3.05, 3.63) is 75.8 Å². The molecule has 0 saturated carbocycles. The molecule has 4 amide bonds. The Morgan fingerprint density at radius 1 is 1.03 bits per heavy atom. The standard InChI is InChI=1S/C24H22BrN3O3/c1-14-10-19(25)11-15(2)21(14)26-20(29)13-28-22(30)24(3,27-23(28)31)18-9-8-16-6-4-5-7-17(16)12-18/h4-12H,13H2,1-3H3,(H,26,29)(H,27,31). The number of carbonyl (C=O) groups excluding carboxylic acids is 3. The molecule has 0 radical (unpaired) electrons. The first-order valence-electron chi connectivity index (χ1n) is 9.89. The van der Waals surface area contributed by atoms with Gasteiger partial charge in [-0.25, -0.2) is 4.79 Å². The Balaban J connectivity index is 1.56. The fraction of sp³-hybridized carbons (Fsp3) is 0.208. The molecule has 7 heteroatoms. The van der Waals surface area contributed by atoms with Crippen molar-refractivity contribution in [2.24, 2.45) is 0 Å². The maximum absolute atomic E-state index is 13.2. The number of aryl methyl sites for hydroxylation is 2. The van der Waals surface area contributed by atoms with E-state index in [1.807, 2.05) is 68.4 Å². The van der Waals surface area contributed by atoms with Crippen molar-refractivity contribution in [1.29, 1.82) is 0 Å². The summed E-state index contributed by atoms with van der Waals surface area (Å²) < 4.78 is 0.917. The van der Waals surface area contributed by atoms with E-state index in [9.17, 15) is 14.4 Å². The lowest BCUT2D eigenvalue weighted by Crippen LogP contribution is -2.42. The van der Waals surface area contributed by atoms with E-state index in [4.69, 9.17) is 0 Å². The number of rotatable bonds is 4. The Bertz CT molecular complexity index is 1220. The van der Waals surface area contributed by atoms with Crippen LogP contribution in [0.4, 0.5) is 10.5 Å². The lowest BCUT2D eigenvalue weighted by atomic mass is 9.90. The van der Waals surface area contributed by atoms with E-state index >= 15 is 0 Å². The van der Waals surface area contributed by atoms with E-state index < -0.39 is 23.4 Å². The number of anilines is 1. The smallest absolute Gasteiger partial charge is 0.324 e. The molecule has 31 heavy (non-hydrogen) atoms. The molecule has 0 aliphatic carbocycles. The zero-order valence-corrected chi connectivity index (χ0v) is 19.0. The van der Waals surface area contributed by atoms with Gasteiger partial charge in [-0.15, -0.1) is 0 Å². The van der Waals surface area contributed by atoms with Crippen molar-refractivity contribution in [1.82, 2.24) is 10.2 Å². The Kier molecular flexibility index (Phi) is 5.31. The van der Waals surface area contributed by atoms with Crippen LogP contribution in [0, 0.1) is 13.8 Å². The molecule has 3 aromatic carbocycles. The summed E-state index contributed by atoms with van der Waals surface area (Å²) in [5, 5.41) is 7.61. The number of urea groups is 1. The third-order valence-electron chi connectivity index (χ3n) is 5.67. The van der Waals surface area contributed by atoms with Gasteiger partial charge in [-0.05, 0) is 66.4 Å². The summed E-state index contributed by atoms with van der Waals surface area (Å²) in [6, 6.07) is 16.7. The van der Waals surface area contributed by atoms with E-state index in [0.717, 1.165) is 31.3 Å². The van der Waals surface area contributed by atoms with Crippen LogP contribution in [-0.4, -0.2) is 29.3 Å². The van der Waals surface area contributed by atoms with Crippen molar-refractivity contribution in [2.45, 2.75) is 26.3 Å². The van der Waals surface area contributed by atoms with Gasteiger partial charge >= 0.3 is 6.03 Å². The number of amides is 4. The van der Waals surface area contributed by atoms with Crippen LogP contribution >= 0.6 is 15.9 Å². The van der Waals surface area contributed by atoms with Crippen molar-refractivity contribution in [3.63, 3.8) is 0 Å². The maximum Gasteiger partial charge on any atom is 0.325 e. The first-order valence-corrected chi connectivity index (χ1v) is 10.7. The Labute approximate surface area is 188 Å². The second-order valence-corrected chi connectivity index (χ2v) is 8.89. The normalized spacial score (nSPS) is 18.4. The largest absolute Gasteiger partial charge is 0.325 e. The number of halogens is 1. The predicted octanol–water partition coefficient (Wildman–Crippen LogP) is 4.62. The molecule has 0 spiro atoms. The van der Waals surface area contributed by atoms with Crippen LogP contribution in [0.15, 0.2) is 59.1 Å². The topological polar surface area (TPSA) is 78.5 Å². The number of hydrogen-bond acceptors (Lipinski definition) is 3. The Morgan fingerprint density at radius 3 is 2.35 bits per heavy atom. The number of nitrogens with one attached hydrogen (secondary N) is 2. The van der Waals surface area contributed by atoms with Crippen molar-refractivity contribution < 1.29 is 14.4 Å². The minimum absolute atomic E-state index is 0.358. The third kappa shape index (κ3) is 3.81. The molecule has 2 N–H and O–H groups in total. The summed E-state index contributed by atoms with van der Waals surface area (Å²) in [4.78, 5) is 39.4. The van der Waals surface area contributed by atoms with Crippen LogP contribution in [0.5, 0.6) is 0 Å². The second kappa shape index (κ2) is 7.81. The van der Waals surface area contributed by atoms with Gasteiger partial charge in [-0.1, -0.05) is 52.3 Å². The monoisotopic (exact) mass is 479 g/mol. The van der Waals surface area contributed by atoms with Crippen LogP contribution in [0.25, 0.3) is 10.8 Å². The van der Waals surface area contributed by atoms with E-state index in [0.29, 0.717) is 11.3 Å². The number of fused-ring (bicyclic) bond motifs is 1. The van der Waals surface area contributed by atoms with Gasteiger partial charge in [-0.2, -0.15) is 0 Å². The summed E-state index contributed by atoms with van der Waals surface area (Å²) >= 11 is 3.43. The predicted molar refractivity (Wildman–Crippen MR) is 124 cm³/mol. The maximum atomic E-state index is 13.2.